The molecule has 3 rings (SSSR count). The van der Waals surface area contributed by atoms with Crippen LogP contribution in [0.4, 0.5) is 5.88 Å². The van der Waals surface area contributed by atoms with E-state index in [1.54, 1.807) is 6.07 Å². The van der Waals surface area contributed by atoms with Crippen molar-refractivity contribution in [3.8, 4) is 17.6 Å². The summed E-state index contributed by atoms with van der Waals surface area (Å²) in [6.07, 6.45) is 5.15. The fraction of sp³-hybridized carbons (Fsp3) is 0.474. The summed E-state index contributed by atoms with van der Waals surface area (Å²) in [6, 6.07) is 6.43. The number of ether oxygens (including phenoxy) is 2. The van der Waals surface area contributed by atoms with Crippen LogP contribution < -0.4 is 13.8 Å². The van der Waals surface area contributed by atoms with E-state index in [0.717, 1.165) is 30.0 Å². The Labute approximate surface area is 164 Å². The van der Waals surface area contributed by atoms with E-state index in [1.807, 2.05) is 6.07 Å². The van der Waals surface area contributed by atoms with Crippen LogP contribution in [0.15, 0.2) is 27.5 Å². The molecule has 0 amide bonds. The highest BCUT2D eigenvalue weighted by molar-refractivity contribution is 7.92. The topological polar surface area (TPSA) is 106 Å². The van der Waals surface area contributed by atoms with E-state index < -0.39 is 10.0 Å². The van der Waals surface area contributed by atoms with Gasteiger partial charge in [0.25, 0.3) is 10.0 Å². The smallest absolute Gasteiger partial charge is 0.270 e. The Balaban J connectivity index is 2.02. The van der Waals surface area contributed by atoms with Gasteiger partial charge in [-0.25, -0.2) is 17.7 Å². The van der Waals surface area contributed by atoms with Crippen LogP contribution in [0.2, 0.25) is 0 Å². The van der Waals surface area contributed by atoms with Crippen LogP contribution >= 0.6 is 0 Å². The summed E-state index contributed by atoms with van der Waals surface area (Å²) in [5.74, 6) is 0.975. The summed E-state index contributed by atoms with van der Waals surface area (Å²) >= 11 is 0. The van der Waals surface area contributed by atoms with Crippen molar-refractivity contribution >= 4 is 15.9 Å². The van der Waals surface area contributed by atoms with Gasteiger partial charge in [-0.3, -0.25) is 0 Å². The van der Waals surface area contributed by atoms with E-state index in [-0.39, 0.29) is 28.1 Å². The lowest BCUT2D eigenvalue weighted by atomic mass is 9.89. The molecule has 0 saturated heterocycles. The summed E-state index contributed by atoms with van der Waals surface area (Å²) < 4.78 is 43.5. The molecule has 8 nitrogen and oxygen atoms in total. The van der Waals surface area contributed by atoms with E-state index in [2.05, 4.69) is 4.98 Å². The largest absolute Gasteiger partial charge is 0.497 e. The first-order chi connectivity index (χ1) is 13.4. The molecule has 150 valence electrons. The van der Waals surface area contributed by atoms with E-state index in [9.17, 15) is 13.7 Å². The van der Waals surface area contributed by atoms with E-state index in [4.69, 9.17) is 13.9 Å². The van der Waals surface area contributed by atoms with Crippen LogP contribution in [0.25, 0.3) is 0 Å². The minimum Gasteiger partial charge on any atom is -0.497 e. The molecule has 9 heteroatoms. The van der Waals surface area contributed by atoms with Gasteiger partial charge in [-0.15, -0.1) is 0 Å². The maximum atomic E-state index is 13.2. The number of anilines is 1. The van der Waals surface area contributed by atoms with Crippen LogP contribution in [-0.2, 0) is 10.0 Å². The molecule has 0 radical (unpaired) electrons. The van der Waals surface area contributed by atoms with Crippen molar-refractivity contribution in [1.82, 2.24) is 4.98 Å². The van der Waals surface area contributed by atoms with Gasteiger partial charge in [0, 0.05) is 19.0 Å². The van der Waals surface area contributed by atoms with Gasteiger partial charge in [-0.2, -0.15) is 5.26 Å². The number of rotatable bonds is 6. The molecule has 1 aliphatic carbocycles. The van der Waals surface area contributed by atoms with Crippen molar-refractivity contribution in [2.45, 2.75) is 42.9 Å². The molecule has 0 unspecified atom stereocenters. The highest BCUT2D eigenvalue weighted by Crippen LogP contribution is 2.37. The first kappa shape index (κ1) is 20.0. The van der Waals surface area contributed by atoms with Gasteiger partial charge >= 0.3 is 0 Å². The molecule has 0 N–H and O–H groups in total. The highest BCUT2D eigenvalue weighted by atomic mass is 32.2. The molecule has 1 aliphatic rings. The van der Waals surface area contributed by atoms with E-state index in [0.29, 0.717) is 11.6 Å². The summed E-state index contributed by atoms with van der Waals surface area (Å²) in [7, 11) is 0.0928. The Morgan fingerprint density at radius 1 is 1.21 bits per heavy atom. The molecule has 1 aromatic heterocycles. The zero-order chi connectivity index (χ0) is 20.3. The summed E-state index contributed by atoms with van der Waals surface area (Å²) in [5, 5.41) is 9.46. The molecule has 28 heavy (non-hydrogen) atoms. The van der Waals surface area contributed by atoms with Crippen LogP contribution in [0.5, 0.6) is 11.5 Å². The Bertz CT molecular complexity index is 987. The maximum absolute atomic E-state index is 13.2. The summed E-state index contributed by atoms with van der Waals surface area (Å²) in [6.45, 7) is 0. The number of sulfonamides is 1. The molecule has 1 aromatic carbocycles. The molecule has 0 atom stereocenters. The second kappa shape index (κ2) is 8.10. The number of nitriles is 1. The van der Waals surface area contributed by atoms with E-state index >= 15 is 0 Å². The molecule has 1 heterocycles. The fourth-order valence-corrected chi connectivity index (χ4v) is 4.69. The minimum absolute atomic E-state index is 0.0477. The van der Waals surface area contributed by atoms with Crippen molar-refractivity contribution in [3.63, 3.8) is 0 Å². The Hall–Kier alpha value is -2.73. The van der Waals surface area contributed by atoms with Gasteiger partial charge in [-0.05, 0) is 25.0 Å². The summed E-state index contributed by atoms with van der Waals surface area (Å²) in [5.41, 5.74) is -0.0477. The van der Waals surface area contributed by atoms with Crippen molar-refractivity contribution in [1.29, 1.82) is 5.26 Å². The van der Waals surface area contributed by atoms with Gasteiger partial charge in [0.15, 0.2) is 0 Å². The number of hydrogen-bond acceptors (Lipinski definition) is 7. The third-order valence-electron chi connectivity index (χ3n) is 4.98. The summed E-state index contributed by atoms with van der Waals surface area (Å²) in [4.78, 5) is 4.18. The monoisotopic (exact) mass is 405 g/mol. The van der Waals surface area contributed by atoms with Crippen molar-refractivity contribution in [3.05, 3.63) is 29.8 Å². The first-order valence-electron chi connectivity index (χ1n) is 9.04. The van der Waals surface area contributed by atoms with Crippen LogP contribution in [0.1, 0.15) is 49.6 Å². The van der Waals surface area contributed by atoms with Gasteiger partial charge in [0.05, 0.1) is 14.2 Å². The molecule has 0 bridgehead atoms. The number of oxazole rings is 1. The zero-order valence-electron chi connectivity index (χ0n) is 16.1. The zero-order valence-corrected chi connectivity index (χ0v) is 17.0. The highest BCUT2D eigenvalue weighted by Gasteiger charge is 2.32. The predicted octanol–water partition coefficient (Wildman–Crippen LogP) is 3.44. The van der Waals surface area contributed by atoms with Crippen LogP contribution in [-0.4, -0.2) is 34.7 Å². The Kier molecular flexibility index (Phi) is 5.79. The first-order valence-corrected chi connectivity index (χ1v) is 10.5. The second-order valence-corrected chi connectivity index (χ2v) is 8.58. The average Bonchev–Trinajstić information content (AvgIpc) is 3.17. The number of methoxy groups -OCH3 is 2. The maximum Gasteiger partial charge on any atom is 0.270 e. The van der Waals surface area contributed by atoms with Crippen molar-refractivity contribution in [2.24, 2.45) is 0 Å². The van der Waals surface area contributed by atoms with Gasteiger partial charge in [-0.1, -0.05) is 19.3 Å². The standard InChI is InChI=1S/C19H23N3O5S/c1-22(28(23,24)17-11-14(25-2)9-10-16(17)26-3)19-15(12-20)21-18(27-19)13-7-5-4-6-8-13/h9-11,13H,4-8H2,1-3H3. The predicted molar refractivity (Wildman–Crippen MR) is 102 cm³/mol. The van der Waals surface area contributed by atoms with Crippen LogP contribution in [0, 0.1) is 11.3 Å². The van der Waals surface area contributed by atoms with Crippen molar-refractivity contribution < 1.29 is 22.3 Å². The minimum atomic E-state index is -4.07. The quantitative estimate of drug-likeness (QED) is 0.725. The SMILES string of the molecule is COc1ccc(OC)c(S(=O)(=O)N(C)c2oc(C3CCCCC3)nc2C#N)c1. The lowest BCUT2D eigenvalue weighted by Crippen LogP contribution is -2.27. The second-order valence-electron chi connectivity index (χ2n) is 6.64. The number of benzene rings is 1. The number of hydrogen-bond donors (Lipinski definition) is 0. The van der Waals surface area contributed by atoms with Gasteiger partial charge < -0.3 is 13.9 Å². The average molecular weight is 405 g/mol. The number of aromatic nitrogens is 1. The lowest BCUT2D eigenvalue weighted by Gasteiger charge is -2.20. The van der Waals surface area contributed by atoms with Crippen molar-refractivity contribution in [2.75, 3.05) is 25.6 Å². The molecule has 1 fully saturated rings. The third kappa shape index (κ3) is 3.64. The molecule has 2 aromatic rings. The van der Waals surface area contributed by atoms with E-state index in [1.165, 1.54) is 39.8 Å². The molecule has 0 spiro atoms. The molecule has 0 aliphatic heterocycles. The number of nitrogens with zero attached hydrogens (tertiary/aromatic N) is 3. The third-order valence-corrected chi connectivity index (χ3v) is 6.74. The lowest BCUT2D eigenvalue weighted by molar-refractivity contribution is 0.366. The Morgan fingerprint density at radius 2 is 1.93 bits per heavy atom. The Morgan fingerprint density at radius 3 is 2.54 bits per heavy atom. The van der Waals surface area contributed by atoms with Crippen LogP contribution in [0.3, 0.4) is 0 Å². The normalized spacial score (nSPS) is 15.1. The molecule has 1 saturated carbocycles. The fourth-order valence-electron chi connectivity index (χ4n) is 3.38. The molecular formula is C19H23N3O5S. The van der Waals surface area contributed by atoms with Gasteiger partial charge in [0.1, 0.15) is 22.5 Å². The van der Waals surface area contributed by atoms with Gasteiger partial charge in [0.2, 0.25) is 17.5 Å². The molecular weight excluding hydrogens is 382 g/mol.